The van der Waals surface area contributed by atoms with Crippen LogP contribution < -0.4 is 0 Å². The summed E-state index contributed by atoms with van der Waals surface area (Å²) in [5.41, 5.74) is 7.05. The molecule has 0 aliphatic heterocycles. The third-order valence-corrected chi connectivity index (χ3v) is 7.49. The summed E-state index contributed by atoms with van der Waals surface area (Å²) in [5, 5.41) is 3.20. The lowest BCUT2D eigenvalue weighted by molar-refractivity contribution is 1.27. The molecule has 0 aliphatic carbocycles. The lowest BCUT2D eigenvalue weighted by Gasteiger charge is -1.99. The molecule has 6 aromatic rings. The van der Waals surface area contributed by atoms with Crippen LogP contribution in [0.3, 0.4) is 0 Å². The number of H-pyrrole nitrogens is 6. The minimum absolute atomic E-state index is 0.492. The van der Waals surface area contributed by atoms with Crippen LogP contribution in [0, 0.1) is 0 Å². The van der Waals surface area contributed by atoms with Crippen molar-refractivity contribution in [2.24, 2.45) is 0 Å². The number of rotatable bonds is 5. The predicted octanol–water partition coefficient (Wildman–Crippen LogP) is 9.91. The standard InChI is InChI=1S/C24H14Cl6N6/c25-9-3-15(32-8-9)21-11(27)5-17(34-21)23-13(29)7-19(36-23)24-14(30)6-18(35-24)22-12(28)4-16(33-22)20-10(26)1-2-31-20/h1-8,31-36H. The molecule has 0 radical (unpaired) electrons. The van der Waals surface area contributed by atoms with Gasteiger partial charge in [0.15, 0.2) is 0 Å². The predicted molar refractivity (Wildman–Crippen MR) is 150 cm³/mol. The van der Waals surface area contributed by atoms with Crippen LogP contribution in [-0.2, 0) is 0 Å². The molecule has 0 spiro atoms. The zero-order chi connectivity index (χ0) is 25.1. The van der Waals surface area contributed by atoms with Crippen molar-refractivity contribution in [3.63, 3.8) is 0 Å². The summed E-state index contributed by atoms with van der Waals surface area (Å²) in [4.78, 5) is 19.4. The fourth-order valence-electron chi connectivity index (χ4n) is 4.11. The van der Waals surface area contributed by atoms with E-state index >= 15 is 0 Å². The Morgan fingerprint density at radius 1 is 0.417 bits per heavy atom. The Kier molecular flexibility index (Phi) is 5.99. The van der Waals surface area contributed by atoms with Crippen LogP contribution in [0.15, 0.2) is 48.8 Å². The first-order valence-corrected chi connectivity index (χ1v) is 12.8. The highest BCUT2D eigenvalue weighted by Crippen LogP contribution is 2.41. The number of halogens is 6. The maximum Gasteiger partial charge on any atom is 0.0814 e. The topological polar surface area (TPSA) is 94.7 Å². The average Bonchev–Trinajstić information content (AvgIpc) is 3.64. The Hall–Kier alpha value is -2.58. The van der Waals surface area contributed by atoms with Gasteiger partial charge in [-0.15, -0.1) is 0 Å². The number of aromatic nitrogens is 6. The van der Waals surface area contributed by atoms with Crippen LogP contribution in [0.1, 0.15) is 0 Å². The fourth-order valence-corrected chi connectivity index (χ4v) is 5.52. The van der Waals surface area contributed by atoms with E-state index in [1.807, 2.05) is 0 Å². The Bertz CT molecular complexity index is 1720. The second-order valence-electron chi connectivity index (χ2n) is 8.06. The molecule has 0 saturated heterocycles. The number of hydrogen-bond acceptors (Lipinski definition) is 0. The van der Waals surface area contributed by atoms with E-state index in [0.717, 1.165) is 17.1 Å². The van der Waals surface area contributed by atoms with Gasteiger partial charge in [0.1, 0.15) is 0 Å². The van der Waals surface area contributed by atoms with Crippen LogP contribution >= 0.6 is 69.6 Å². The van der Waals surface area contributed by atoms with E-state index in [1.165, 1.54) is 0 Å². The minimum Gasteiger partial charge on any atom is -0.359 e. The molecule has 0 atom stereocenters. The lowest BCUT2D eigenvalue weighted by atomic mass is 10.3. The summed E-state index contributed by atoms with van der Waals surface area (Å²) < 4.78 is 0. The van der Waals surface area contributed by atoms with E-state index in [-0.39, 0.29) is 0 Å². The van der Waals surface area contributed by atoms with E-state index in [9.17, 15) is 0 Å². The van der Waals surface area contributed by atoms with E-state index in [2.05, 4.69) is 29.9 Å². The molecule has 0 aromatic carbocycles. The first-order chi connectivity index (χ1) is 17.3. The van der Waals surface area contributed by atoms with Crippen LogP contribution in [0.25, 0.3) is 56.9 Å². The van der Waals surface area contributed by atoms with Crippen molar-refractivity contribution in [2.45, 2.75) is 0 Å². The van der Waals surface area contributed by atoms with Gasteiger partial charge in [0.2, 0.25) is 0 Å². The number of aromatic amines is 6. The zero-order valence-electron chi connectivity index (χ0n) is 17.9. The Labute approximate surface area is 234 Å². The summed E-state index contributed by atoms with van der Waals surface area (Å²) in [7, 11) is 0. The summed E-state index contributed by atoms with van der Waals surface area (Å²) in [6, 6.07) is 10.7. The van der Waals surface area contributed by atoms with E-state index in [4.69, 9.17) is 69.6 Å². The Morgan fingerprint density at radius 2 is 0.833 bits per heavy atom. The maximum atomic E-state index is 6.61. The summed E-state index contributed by atoms with van der Waals surface area (Å²) in [5.74, 6) is 0. The lowest BCUT2D eigenvalue weighted by Crippen LogP contribution is -1.84. The first-order valence-electron chi connectivity index (χ1n) is 10.5. The van der Waals surface area contributed by atoms with Crippen molar-refractivity contribution in [3.8, 4) is 56.9 Å². The van der Waals surface area contributed by atoms with Crippen molar-refractivity contribution >= 4 is 69.6 Å². The molecule has 0 bridgehead atoms. The van der Waals surface area contributed by atoms with Gasteiger partial charge >= 0.3 is 0 Å². The second-order valence-corrected chi connectivity index (χ2v) is 10.5. The molecule has 0 unspecified atom stereocenters. The van der Waals surface area contributed by atoms with Crippen LogP contribution in [0.5, 0.6) is 0 Å². The molecule has 0 amide bonds. The number of hydrogen-bond donors (Lipinski definition) is 6. The molecule has 6 nitrogen and oxygen atoms in total. The third kappa shape index (κ3) is 4.08. The average molecular weight is 599 g/mol. The SMILES string of the molecule is Clc1c[nH]c(-c2[nH]c(-c3[nH]c(-c4[nH]c(-c5[nH]c(-c6[nH]ccc6Cl)cc5Cl)cc4Cl)cc3Cl)cc2Cl)c1. The third-order valence-electron chi connectivity index (χ3n) is 5.77. The molecule has 6 rings (SSSR count). The van der Waals surface area contributed by atoms with Crippen molar-refractivity contribution in [3.05, 3.63) is 78.9 Å². The Balaban J connectivity index is 1.35. The summed E-state index contributed by atoms with van der Waals surface area (Å²) in [6.45, 7) is 0. The molecule has 12 heteroatoms. The highest BCUT2D eigenvalue weighted by atomic mass is 35.5. The first kappa shape index (κ1) is 23.8. The quantitative estimate of drug-likeness (QED) is 0.114. The van der Waals surface area contributed by atoms with Gasteiger partial charge in [-0.05, 0) is 36.4 Å². The highest BCUT2D eigenvalue weighted by Gasteiger charge is 2.20. The number of nitrogens with one attached hydrogen (secondary N) is 6. The molecule has 0 saturated carbocycles. The molecule has 6 N–H and O–H groups in total. The molecule has 6 heterocycles. The highest BCUT2D eigenvalue weighted by molar-refractivity contribution is 6.37. The van der Waals surface area contributed by atoms with Gasteiger partial charge in [-0.3, -0.25) is 0 Å². The van der Waals surface area contributed by atoms with Crippen LogP contribution in [0.4, 0.5) is 0 Å². The van der Waals surface area contributed by atoms with Gasteiger partial charge in [0, 0.05) is 12.4 Å². The monoisotopic (exact) mass is 596 g/mol. The van der Waals surface area contributed by atoms with Crippen LogP contribution in [0.2, 0.25) is 30.1 Å². The van der Waals surface area contributed by atoms with Crippen molar-refractivity contribution in [1.82, 2.24) is 29.9 Å². The largest absolute Gasteiger partial charge is 0.359 e. The Morgan fingerprint density at radius 3 is 1.19 bits per heavy atom. The van der Waals surface area contributed by atoms with Crippen molar-refractivity contribution in [2.75, 3.05) is 0 Å². The van der Waals surface area contributed by atoms with Gasteiger partial charge in [-0.1, -0.05) is 69.6 Å². The molecule has 0 fully saturated rings. The van der Waals surface area contributed by atoms with Gasteiger partial charge in [0.25, 0.3) is 0 Å². The molecule has 182 valence electrons. The van der Waals surface area contributed by atoms with Gasteiger partial charge < -0.3 is 29.9 Å². The molecular formula is C24H14Cl6N6. The van der Waals surface area contributed by atoms with Crippen molar-refractivity contribution < 1.29 is 0 Å². The molecule has 36 heavy (non-hydrogen) atoms. The van der Waals surface area contributed by atoms with Gasteiger partial charge in [-0.25, -0.2) is 0 Å². The molecule has 0 aliphatic rings. The van der Waals surface area contributed by atoms with E-state index < -0.39 is 0 Å². The van der Waals surface area contributed by atoms with E-state index in [0.29, 0.717) is 70.0 Å². The van der Waals surface area contributed by atoms with Crippen LogP contribution in [-0.4, -0.2) is 29.9 Å². The minimum atomic E-state index is 0.492. The molecule has 6 aromatic heterocycles. The van der Waals surface area contributed by atoms with E-state index in [1.54, 1.807) is 48.8 Å². The summed E-state index contributed by atoms with van der Waals surface area (Å²) in [6.07, 6.45) is 3.44. The smallest absolute Gasteiger partial charge is 0.0814 e. The van der Waals surface area contributed by atoms with Gasteiger partial charge in [-0.2, -0.15) is 0 Å². The van der Waals surface area contributed by atoms with Gasteiger partial charge in [0.05, 0.1) is 87.1 Å². The normalized spacial score (nSPS) is 11.6. The fraction of sp³-hybridized carbons (Fsp3) is 0. The zero-order valence-corrected chi connectivity index (χ0v) is 22.4. The summed E-state index contributed by atoms with van der Waals surface area (Å²) >= 11 is 38.5. The second kappa shape index (κ2) is 9.06. The molecular weight excluding hydrogens is 585 g/mol. The van der Waals surface area contributed by atoms with Crippen molar-refractivity contribution in [1.29, 1.82) is 0 Å². The maximum absolute atomic E-state index is 6.61.